The number of nitro benzene ring substituents is 1. The van der Waals surface area contributed by atoms with Crippen molar-refractivity contribution in [1.82, 2.24) is 5.32 Å². The summed E-state index contributed by atoms with van der Waals surface area (Å²) in [5.41, 5.74) is -0.134. The van der Waals surface area contributed by atoms with E-state index in [9.17, 15) is 19.7 Å². The summed E-state index contributed by atoms with van der Waals surface area (Å²) in [6.07, 6.45) is 2.75. The third-order valence-electron chi connectivity index (χ3n) is 2.91. The number of nitro groups is 1. The van der Waals surface area contributed by atoms with Gasteiger partial charge in [0.1, 0.15) is 5.75 Å². The molecule has 0 saturated carbocycles. The molecule has 2 N–H and O–H groups in total. The summed E-state index contributed by atoms with van der Waals surface area (Å²) in [7, 11) is 1.36. The van der Waals surface area contributed by atoms with Crippen LogP contribution in [-0.2, 0) is 9.59 Å². The second kappa shape index (κ2) is 8.60. The van der Waals surface area contributed by atoms with Crippen LogP contribution in [-0.4, -0.2) is 30.4 Å². The lowest BCUT2D eigenvalue weighted by Gasteiger charge is -2.10. The van der Waals surface area contributed by atoms with Crippen LogP contribution >= 0.6 is 0 Å². The Morgan fingerprint density at radius 3 is 2.59 bits per heavy atom. The number of anilines is 1. The minimum atomic E-state index is -0.893. The molecule has 0 spiro atoms. The molecule has 0 saturated heterocycles. The minimum Gasteiger partial charge on any atom is -0.495 e. The summed E-state index contributed by atoms with van der Waals surface area (Å²) in [4.78, 5) is 33.6. The van der Waals surface area contributed by atoms with Crippen molar-refractivity contribution in [1.29, 1.82) is 0 Å². The number of carbonyl (C=O) groups excluding carboxylic acids is 2. The predicted octanol–water partition coefficient (Wildman–Crippen LogP) is 1.85. The molecule has 8 nitrogen and oxygen atoms in total. The van der Waals surface area contributed by atoms with Crippen LogP contribution in [0.25, 0.3) is 0 Å². The molecular formula is C14H19N3O5. The molecule has 1 aromatic rings. The third kappa shape index (κ3) is 5.04. The van der Waals surface area contributed by atoms with Gasteiger partial charge in [-0.25, -0.2) is 0 Å². The molecule has 2 amide bonds. The first-order chi connectivity index (χ1) is 10.5. The van der Waals surface area contributed by atoms with Crippen LogP contribution in [0.2, 0.25) is 0 Å². The normalized spacial score (nSPS) is 9.91. The first-order valence-electron chi connectivity index (χ1n) is 6.91. The van der Waals surface area contributed by atoms with Gasteiger partial charge >= 0.3 is 11.8 Å². The van der Waals surface area contributed by atoms with Crippen LogP contribution in [0.5, 0.6) is 5.75 Å². The quantitative estimate of drug-likeness (QED) is 0.345. The fourth-order valence-electron chi connectivity index (χ4n) is 1.74. The van der Waals surface area contributed by atoms with Crippen LogP contribution in [0, 0.1) is 10.1 Å². The van der Waals surface area contributed by atoms with Crippen molar-refractivity contribution in [3.63, 3.8) is 0 Å². The number of methoxy groups -OCH3 is 1. The molecule has 0 aliphatic carbocycles. The van der Waals surface area contributed by atoms with Gasteiger partial charge in [-0.15, -0.1) is 0 Å². The molecule has 8 heteroatoms. The zero-order chi connectivity index (χ0) is 16.5. The summed E-state index contributed by atoms with van der Waals surface area (Å²) >= 11 is 0. The zero-order valence-corrected chi connectivity index (χ0v) is 12.5. The van der Waals surface area contributed by atoms with E-state index in [1.807, 2.05) is 6.92 Å². The lowest BCUT2D eigenvalue weighted by atomic mass is 10.2. The number of unbranched alkanes of at least 4 members (excludes halogenated alkanes) is 2. The second-order valence-electron chi connectivity index (χ2n) is 4.56. The molecule has 0 radical (unpaired) electrons. The van der Waals surface area contributed by atoms with Crippen molar-refractivity contribution in [3.05, 3.63) is 28.3 Å². The zero-order valence-electron chi connectivity index (χ0n) is 12.5. The third-order valence-corrected chi connectivity index (χ3v) is 2.91. The SMILES string of the molecule is CCCCCNC(=O)C(=O)Nc1cc([N+](=O)[O-])ccc1OC. The molecule has 1 aromatic carbocycles. The highest BCUT2D eigenvalue weighted by Crippen LogP contribution is 2.28. The molecule has 0 bridgehead atoms. The van der Waals surface area contributed by atoms with Crippen LogP contribution in [0.15, 0.2) is 18.2 Å². The molecule has 0 aromatic heterocycles. The summed E-state index contributed by atoms with van der Waals surface area (Å²) in [5.74, 6) is -1.45. The van der Waals surface area contributed by atoms with Gasteiger partial charge < -0.3 is 15.4 Å². The highest BCUT2D eigenvalue weighted by Gasteiger charge is 2.17. The number of ether oxygens (including phenoxy) is 1. The van der Waals surface area contributed by atoms with Crippen LogP contribution in [0.1, 0.15) is 26.2 Å². The van der Waals surface area contributed by atoms with E-state index in [1.165, 1.54) is 19.2 Å². The predicted molar refractivity (Wildman–Crippen MR) is 80.8 cm³/mol. The van der Waals surface area contributed by atoms with Crippen molar-refractivity contribution in [3.8, 4) is 5.75 Å². The van der Waals surface area contributed by atoms with Crippen molar-refractivity contribution in [2.75, 3.05) is 19.0 Å². The van der Waals surface area contributed by atoms with Gasteiger partial charge in [0.15, 0.2) is 0 Å². The first kappa shape index (κ1) is 17.4. The summed E-state index contributed by atoms with van der Waals surface area (Å²) < 4.78 is 5.00. The van der Waals surface area contributed by atoms with Crippen LogP contribution < -0.4 is 15.4 Å². The molecule has 120 valence electrons. The van der Waals surface area contributed by atoms with E-state index in [0.29, 0.717) is 6.54 Å². The van der Waals surface area contributed by atoms with E-state index in [1.54, 1.807) is 0 Å². The highest BCUT2D eigenvalue weighted by atomic mass is 16.6. The Morgan fingerprint density at radius 2 is 2.00 bits per heavy atom. The van der Waals surface area contributed by atoms with Gasteiger partial charge in [-0.05, 0) is 12.5 Å². The number of non-ortho nitro benzene ring substituents is 1. The fourth-order valence-corrected chi connectivity index (χ4v) is 1.74. The van der Waals surface area contributed by atoms with Crippen molar-refractivity contribution < 1.29 is 19.2 Å². The van der Waals surface area contributed by atoms with E-state index in [4.69, 9.17) is 4.74 Å². The van der Waals surface area contributed by atoms with Gasteiger partial charge in [-0.3, -0.25) is 19.7 Å². The number of amides is 2. The lowest BCUT2D eigenvalue weighted by Crippen LogP contribution is -2.36. The molecule has 0 heterocycles. The Bertz CT molecular complexity index is 559. The molecule has 0 aliphatic rings. The summed E-state index contributed by atoms with van der Waals surface area (Å²) in [6, 6.07) is 3.74. The molecule has 0 atom stereocenters. The number of hydrogen-bond acceptors (Lipinski definition) is 5. The van der Waals surface area contributed by atoms with E-state index >= 15 is 0 Å². The number of nitrogens with one attached hydrogen (secondary N) is 2. The maximum atomic E-state index is 11.8. The number of benzene rings is 1. The molecule has 0 aliphatic heterocycles. The monoisotopic (exact) mass is 309 g/mol. The van der Waals surface area contributed by atoms with Gasteiger partial charge in [0, 0.05) is 18.7 Å². The Kier molecular flexibility index (Phi) is 6.81. The van der Waals surface area contributed by atoms with Gasteiger partial charge in [0.2, 0.25) is 0 Å². The Labute approximate surface area is 128 Å². The van der Waals surface area contributed by atoms with E-state index in [0.717, 1.165) is 25.3 Å². The number of rotatable bonds is 7. The van der Waals surface area contributed by atoms with E-state index in [-0.39, 0.29) is 17.1 Å². The molecule has 1 rings (SSSR count). The van der Waals surface area contributed by atoms with Gasteiger partial charge in [0.05, 0.1) is 17.7 Å². The van der Waals surface area contributed by atoms with E-state index < -0.39 is 16.7 Å². The molecular weight excluding hydrogens is 290 g/mol. The van der Waals surface area contributed by atoms with Crippen molar-refractivity contribution >= 4 is 23.2 Å². The maximum absolute atomic E-state index is 11.8. The van der Waals surface area contributed by atoms with Crippen LogP contribution in [0.4, 0.5) is 11.4 Å². The smallest absolute Gasteiger partial charge is 0.313 e. The standard InChI is InChI=1S/C14H19N3O5/c1-3-4-5-8-15-13(18)14(19)16-11-9-10(17(20)21)6-7-12(11)22-2/h6-7,9H,3-5,8H2,1-2H3,(H,15,18)(H,16,19). The average Bonchev–Trinajstić information content (AvgIpc) is 2.51. The lowest BCUT2D eigenvalue weighted by molar-refractivity contribution is -0.384. The molecule has 0 unspecified atom stereocenters. The largest absolute Gasteiger partial charge is 0.495 e. The van der Waals surface area contributed by atoms with Gasteiger partial charge in [-0.1, -0.05) is 19.8 Å². The first-order valence-corrected chi connectivity index (χ1v) is 6.91. The maximum Gasteiger partial charge on any atom is 0.313 e. The number of carbonyl (C=O) groups is 2. The van der Waals surface area contributed by atoms with Gasteiger partial charge in [-0.2, -0.15) is 0 Å². The molecule has 0 fully saturated rings. The van der Waals surface area contributed by atoms with Crippen molar-refractivity contribution in [2.45, 2.75) is 26.2 Å². The summed E-state index contributed by atoms with van der Waals surface area (Å²) in [5, 5.41) is 15.6. The minimum absolute atomic E-state index is 0.0745. The fraction of sp³-hybridized carbons (Fsp3) is 0.429. The summed E-state index contributed by atoms with van der Waals surface area (Å²) in [6.45, 7) is 2.44. The average molecular weight is 309 g/mol. The number of hydrogen-bond donors (Lipinski definition) is 2. The highest BCUT2D eigenvalue weighted by molar-refractivity contribution is 6.39. The van der Waals surface area contributed by atoms with E-state index in [2.05, 4.69) is 10.6 Å². The van der Waals surface area contributed by atoms with Crippen molar-refractivity contribution in [2.24, 2.45) is 0 Å². The van der Waals surface area contributed by atoms with Gasteiger partial charge in [0.25, 0.3) is 5.69 Å². The Balaban J connectivity index is 2.71. The Hall–Kier alpha value is -2.64. The Morgan fingerprint density at radius 1 is 1.27 bits per heavy atom. The molecule has 22 heavy (non-hydrogen) atoms. The van der Waals surface area contributed by atoms with Crippen LogP contribution in [0.3, 0.4) is 0 Å². The number of nitrogens with zero attached hydrogens (tertiary/aromatic N) is 1. The topological polar surface area (TPSA) is 111 Å². The second-order valence-corrected chi connectivity index (χ2v) is 4.56.